The fraction of sp³-hybridized carbons (Fsp3) is 0.222. The fourth-order valence-corrected chi connectivity index (χ4v) is 2.30. The maximum Gasteiger partial charge on any atom is 0.265 e. The molecule has 0 fully saturated rings. The number of benzene rings is 2. The second kappa shape index (κ2) is 8.39. The summed E-state index contributed by atoms with van der Waals surface area (Å²) in [5.74, 6) is 0.393. The first-order valence-electron chi connectivity index (χ1n) is 7.57. The van der Waals surface area contributed by atoms with E-state index in [0.717, 1.165) is 0 Å². The van der Waals surface area contributed by atoms with Crippen LogP contribution in [0.15, 0.2) is 42.5 Å². The van der Waals surface area contributed by atoms with E-state index >= 15 is 0 Å². The molecule has 1 atom stereocenters. The van der Waals surface area contributed by atoms with E-state index in [1.165, 1.54) is 14.0 Å². The second-order valence-corrected chi connectivity index (χ2v) is 5.74. The second-order valence-electron chi connectivity index (χ2n) is 5.30. The zero-order chi connectivity index (χ0) is 18.4. The van der Waals surface area contributed by atoms with E-state index in [4.69, 9.17) is 21.1 Å². The van der Waals surface area contributed by atoms with Crippen LogP contribution in [0.25, 0.3) is 0 Å². The fourth-order valence-electron chi connectivity index (χ4n) is 2.12. The zero-order valence-electron chi connectivity index (χ0n) is 14.1. The molecule has 2 N–H and O–H groups in total. The number of carbonyl (C=O) groups excluding carboxylic acids is 2. The van der Waals surface area contributed by atoms with E-state index in [0.29, 0.717) is 27.9 Å². The summed E-state index contributed by atoms with van der Waals surface area (Å²) >= 11 is 5.90. The molecule has 0 aromatic heterocycles. The molecule has 0 bridgehead atoms. The van der Waals surface area contributed by atoms with E-state index in [2.05, 4.69) is 10.6 Å². The number of carbonyl (C=O) groups is 2. The summed E-state index contributed by atoms with van der Waals surface area (Å²) in [7, 11) is 1.50. The first-order chi connectivity index (χ1) is 11.9. The van der Waals surface area contributed by atoms with E-state index < -0.39 is 6.10 Å². The average molecular weight is 363 g/mol. The van der Waals surface area contributed by atoms with Crippen molar-refractivity contribution in [1.29, 1.82) is 0 Å². The predicted molar refractivity (Wildman–Crippen MR) is 97.5 cm³/mol. The third kappa shape index (κ3) is 5.39. The van der Waals surface area contributed by atoms with Crippen molar-refractivity contribution in [2.75, 3.05) is 17.7 Å². The van der Waals surface area contributed by atoms with Crippen molar-refractivity contribution in [2.45, 2.75) is 20.0 Å². The van der Waals surface area contributed by atoms with Crippen LogP contribution < -0.4 is 20.1 Å². The average Bonchev–Trinajstić information content (AvgIpc) is 2.54. The Morgan fingerprint density at radius 3 is 2.52 bits per heavy atom. The van der Waals surface area contributed by atoms with E-state index in [1.807, 2.05) is 0 Å². The van der Waals surface area contributed by atoms with Gasteiger partial charge in [-0.25, -0.2) is 0 Å². The van der Waals surface area contributed by atoms with E-state index in [9.17, 15) is 9.59 Å². The largest absolute Gasteiger partial charge is 0.495 e. The van der Waals surface area contributed by atoms with Crippen molar-refractivity contribution in [3.05, 3.63) is 47.5 Å². The zero-order valence-corrected chi connectivity index (χ0v) is 14.9. The van der Waals surface area contributed by atoms with Gasteiger partial charge in [0, 0.05) is 17.6 Å². The quantitative estimate of drug-likeness (QED) is 0.821. The molecule has 2 aromatic rings. The summed E-state index contributed by atoms with van der Waals surface area (Å²) in [5, 5.41) is 5.91. The Kier molecular flexibility index (Phi) is 6.25. The van der Waals surface area contributed by atoms with Crippen LogP contribution in [-0.2, 0) is 9.59 Å². The lowest BCUT2D eigenvalue weighted by Crippen LogP contribution is -2.30. The number of hydrogen-bond donors (Lipinski definition) is 2. The van der Waals surface area contributed by atoms with Crippen LogP contribution in [0.4, 0.5) is 11.4 Å². The normalized spacial score (nSPS) is 11.4. The lowest BCUT2D eigenvalue weighted by molar-refractivity contribution is -0.122. The van der Waals surface area contributed by atoms with Crippen molar-refractivity contribution >= 4 is 34.8 Å². The number of amides is 2. The lowest BCUT2D eigenvalue weighted by atomic mass is 10.2. The molecular weight excluding hydrogens is 344 g/mol. The molecule has 2 rings (SSSR count). The van der Waals surface area contributed by atoms with Crippen molar-refractivity contribution in [1.82, 2.24) is 0 Å². The summed E-state index contributed by atoms with van der Waals surface area (Å²) in [6.45, 7) is 3.03. The Balaban J connectivity index is 2.11. The van der Waals surface area contributed by atoms with Crippen LogP contribution in [0.1, 0.15) is 13.8 Å². The maximum atomic E-state index is 12.4. The first-order valence-corrected chi connectivity index (χ1v) is 7.95. The third-order valence-corrected chi connectivity index (χ3v) is 3.49. The van der Waals surface area contributed by atoms with E-state index in [-0.39, 0.29) is 11.8 Å². The highest BCUT2D eigenvalue weighted by molar-refractivity contribution is 6.30. The summed E-state index contributed by atoms with van der Waals surface area (Å²) < 4.78 is 10.8. The number of nitrogens with one attached hydrogen (secondary N) is 2. The molecule has 0 aliphatic rings. The Labute approximate surface area is 151 Å². The van der Waals surface area contributed by atoms with Gasteiger partial charge in [0.15, 0.2) is 6.10 Å². The van der Waals surface area contributed by atoms with Crippen LogP contribution in [0, 0.1) is 0 Å². The minimum atomic E-state index is -0.757. The topological polar surface area (TPSA) is 76.7 Å². The number of hydrogen-bond acceptors (Lipinski definition) is 4. The number of anilines is 2. The van der Waals surface area contributed by atoms with Gasteiger partial charge < -0.3 is 20.1 Å². The summed E-state index contributed by atoms with van der Waals surface area (Å²) in [6.07, 6.45) is -0.757. The number of methoxy groups -OCH3 is 1. The Hall–Kier alpha value is -2.73. The van der Waals surface area contributed by atoms with Gasteiger partial charge in [0.2, 0.25) is 5.91 Å². The summed E-state index contributed by atoms with van der Waals surface area (Å²) in [4.78, 5) is 23.6. The minimum absolute atomic E-state index is 0.208. The number of halogens is 1. The van der Waals surface area contributed by atoms with E-state index in [1.54, 1.807) is 49.4 Å². The van der Waals surface area contributed by atoms with Gasteiger partial charge in [0.1, 0.15) is 11.5 Å². The third-order valence-electron chi connectivity index (χ3n) is 3.26. The Morgan fingerprint density at radius 2 is 1.88 bits per heavy atom. The highest BCUT2D eigenvalue weighted by atomic mass is 35.5. The van der Waals surface area contributed by atoms with Crippen LogP contribution in [0.3, 0.4) is 0 Å². The molecule has 0 aliphatic carbocycles. The van der Waals surface area contributed by atoms with Crippen molar-refractivity contribution in [3.63, 3.8) is 0 Å². The van der Waals surface area contributed by atoms with Gasteiger partial charge in [0.05, 0.1) is 12.8 Å². The number of ether oxygens (including phenoxy) is 2. The molecule has 6 nitrogen and oxygen atoms in total. The molecule has 0 unspecified atom stereocenters. The molecule has 7 heteroatoms. The molecule has 0 aliphatic heterocycles. The smallest absolute Gasteiger partial charge is 0.265 e. The van der Waals surface area contributed by atoms with Crippen molar-refractivity contribution in [3.8, 4) is 11.5 Å². The van der Waals surface area contributed by atoms with Gasteiger partial charge in [-0.2, -0.15) is 0 Å². The van der Waals surface area contributed by atoms with Gasteiger partial charge in [-0.1, -0.05) is 17.7 Å². The van der Waals surface area contributed by atoms with Gasteiger partial charge in [-0.05, 0) is 43.3 Å². The molecule has 25 heavy (non-hydrogen) atoms. The number of rotatable bonds is 6. The standard InChI is InChI=1S/C18H19ClN2O4/c1-11(25-15-6-4-5-13(19)9-15)18(23)21-16-10-14(20-12(2)22)7-8-17(16)24-3/h4-11H,1-3H3,(H,20,22)(H,21,23)/t11-/m0/s1. The Morgan fingerprint density at radius 1 is 1.12 bits per heavy atom. The van der Waals surface area contributed by atoms with Crippen molar-refractivity contribution < 1.29 is 19.1 Å². The molecule has 0 spiro atoms. The lowest BCUT2D eigenvalue weighted by Gasteiger charge is -2.17. The molecule has 132 valence electrons. The highest BCUT2D eigenvalue weighted by Gasteiger charge is 2.17. The van der Waals surface area contributed by atoms with Crippen molar-refractivity contribution in [2.24, 2.45) is 0 Å². The molecule has 0 heterocycles. The molecule has 0 radical (unpaired) electrons. The SMILES string of the molecule is COc1ccc(NC(C)=O)cc1NC(=O)[C@H](C)Oc1cccc(Cl)c1. The van der Waals surface area contributed by atoms with Gasteiger partial charge in [-0.15, -0.1) is 0 Å². The molecule has 0 saturated heterocycles. The molecule has 2 amide bonds. The van der Waals surface area contributed by atoms with Crippen LogP contribution in [0.5, 0.6) is 11.5 Å². The Bertz CT molecular complexity index is 779. The minimum Gasteiger partial charge on any atom is -0.495 e. The predicted octanol–water partition coefficient (Wildman–Crippen LogP) is 3.71. The summed E-state index contributed by atoms with van der Waals surface area (Å²) in [6, 6.07) is 11.8. The summed E-state index contributed by atoms with van der Waals surface area (Å²) in [5.41, 5.74) is 0.979. The first kappa shape index (κ1) is 18.6. The monoisotopic (exact) mass is 362 g/mol. The van der Waals surface area contributed by atoms with Crippen LogP contribution in [0.2, 0.25) is 5.02 Å². The maximum absolute atomic E-state index is 12.4. The molecular formula is C18H19ClN2O4. The van der Waals surface area contributed by atoms with Gasteiger partial charge in [-0.3, -0.25) is 9.59 Å². The highest BCUT2D eigenvalue weighted by Crippen LogP contribution is 2.28. The van der Waals surface area contributed by atoms with Crippen LogP contribution >= 0.6 is 11.6 Å². The molecule has 0 saturated carbocycles. The van der Waals surface area contributed by atoms with Gasteiger partial charge >= 0.3 is 0 Å². The van der Waals surface area contributed by atoms with Gasteiger partial charge in [0.25, 0.3) is 5.91 Å². The molecule has 2 aromatic carbocycles. The van der Waals surface area contributed by atoms with Crippen LogP contribution in [-0.4, -0.2) is 25.0 Å².